The highest BCUT2D eigenvalue weighted by Gasteiger charge is 2.65. The minimum atomic E-state index is -4.84. The fourth-order valence-electron chi connectivity index (χ4n) is 3.31. The number of benzene rings is 1. The summed E-state index contributed by atoms with van der Waals surface area (Å²) < 4.78 is 61.6. The first-order valence-corrected chi connectivity index (χ1v) is 10.4. The van der Waals surface area contributed by atoms with Crippen LogP contribution in [-0.2, 0) is 6.54 Å². The van der Waals surface area contributed by atoms with E-state index in [2.05, 4.69) is 30.1 Å². The van der Waals surface area contributed by atoms with Gasteiger partial charge in [-0.25, -0.2) is 4.98 Å². The number of hydrogen-bond acceptors (Lipinski definition) is 6. The largest absolute Gasteiger partial charge is 0.507 e. The van der Waals surface area contributed by atoms with Crippen LogP contribution in [0.3, 0.4) is 0 Å². The summed E-state index contributed by atoms with van der Waals surface area (Å²) in [5, 5.41) is 8.42. The minimum absolute atomic E-state index is 0.0745. The molecule has 1 amide bonds. The van der Waals surface area contributed by atoms with Gasteiger partial charge in [-0.1, -0.05) is 0 Å². The molecular formula is C21H14F4N4O3S. The van der Waals surface area contributed by atoms with Gasteiger partial charge in [0.25, 0.3) is 5.91 Å². The van der Waals surface area contributed by atoms with Crippen molar-refractivity contribution in [2.75, 3.05) is 10.6 Å². The molecule has 0 aliphatic carbocycles. The van der Waals surface area contributed by atoms with Gasteiger partial charge in [-0.15, -0.1) is 11.3 Å². The number of rotatable bonds is 5. The number of ether oxygens (including phenoxy) is 2. The Bertz CT molecular complexity index is 1350. The molecular weight excluding hydrogens is 464 g/mol. The second kappa shape index (κ2) is 7.66. The summed E-state index contributed by atoms with van der Waals surface area (Å²) in [4.78, 5) is 20.4. The van der Waals surface area contributed by atoms with Crippen LogP contribution in [0.5, 0.6) is 11.5 Å². The first-order valence-electron chi connectivity index (χ1n) is 9.55. The highest BCUT2D eigenvalue weighted by molar-refractivity contribution is 7.12. The number of aromatic nitrogens is 2. The summed E-state index contributed by atoms with van der Waals surface area (Å²) in [6.45, 7) is 0.427. The van der Waals surface area contributed by atoms with Gasteiger partial charge in [0.15, 0.2) is 11.5 Å². The van der Waals surface area contributed by atoms with Crippen LogP contribution in [0.1, 0.15) is 15.2 Å². The van der Waals surface area contributed by atoms with Crippen LogP contribution in [0.25, 0.3) is 11.0 Å². The van der Waals surface area contributed by atoms with E-state index in [1.165, 1.54) is 17.4 Å². The van der Waals surface area contributed by atoms with Gasteiger partial charge in [0.2, 0.25) is 0 Å². The maximum Gasteiger partial charge on any atom is 0.507 e. The number of hydrogen-bond donors (Lipinski definition) is 3. The van der Waals surface area contributed by atoms with Gasteiger partial charge >= 0.3 is 12.2 Å². The third-order valence-corrected chi connectivity index (χ3v) is 5.81. The summed E-state index contributed by atoms with van der Waals surface area (Å²) in [6, 6.07) is 8.76. The summed E-state index contributed by atoms with van der Waals surface area (Å²) >= 11 is 1.18. The molecule has 0 saturated heterocycles. The van der Waals surface area contributed by atoms with Gasteiger partial charge in [0.05, 0.1) is 5.69 Å². The quantitative estimate of drug-likeness (QED) is 0.332. The molecule has 0 saturated carbocycles. The Hall–Kier alpha value is -3.80. The Morgan fingerprint density at radius 3 is 2.70 bits per heavy atom. The molecule has 1 aliphatic heterocycles. The number of H-pyrrole nitrogens is 1. The van der Waals surface area contributed by atoms with E-state index in [0.29, 0.717) is 17.1 Å². The van der Waals surface area contributed by atoms with Crippen molar-refractivity contribution in [1.29, 1.82) is 0 Å². The van der Waals surface area contributed by atoms with Crippen molar-refractivity contribution in [2.24, 2.45) is 0 Å². The van der Waals surface area contributed by atoms with Gasteiger partial charge in [-0.05, 0) is 41.3 Å². The summed E-state index contributed by atoms with van der Waals surface area (Å²) in [6.07, 6.45) is -6.14. The van der Waals surface area contributed by atoms with Crippen LogP contribution in [0.4, 0.5) is 28.9 Å². The molecule has 0 unspecified atom stereocenters. The molecule has 170 valence electrons. The second-order valence-electron chi connectivity index (χ2n) is 7.08. The van der Waals surface area contributed by atoms with Crippen molar-refractivity contribution in [3.63, 3.8) is 0 Å². The predicted molar refractivity (Wildman–Crippen MR) is 113 cm³/mol. The number of carbonyl (C=O) groups excluding carboxylic acids is 1. The standard InChI is InChI=1S/C21H14F4N4O3S/c22-20(23)21(24,25)32-16-8-12(3-4-15(16)31-20)29-19(30)17-14(5-7-33-17)27-9-11-10-28-18-13(11)2-1-6-26-18/h1-8,10,27H,9H2,(H,26,28)(H,29,30). The number of thiophene rings is 1. The van der Waals surface area contributed by atoms with Crippen LogP contribution < -0.4 is 20.1 Å². The van der Waals surface area contributed by atoms with E-state index in [1.807, 2.05) is 18.3 Å². The number of fused-ring (bicyclic) bond motifs is 2. The lowest BCUT2D eigenvalue weighted by Crippen LogP contribution is -2.52. The Labute approximate surface area is 187 Å². The number of amides is 1. The number of pyridine rings is 1. The van der Waals surface area contributed by atoms with Gasteiger partial charge in [0.1, 0.15) is 10.5 Å². The summed E-state index contributed by atoms with van der Waals surface area (Å²) in [7, 11) is 0. The average molecular weight is 478 g/mol. The minimum Gasteiger partial charge on any atom is -0.421 e. The molecule has 0 fully saturated rings. The highest BCUT2D eigenvalue weighted by Crippen LogP contribution is 2.47. The van der Waals surface area contributed by atoms with Crippen LogP contribution >= 0.6 is 11.3 Å². The Morgan fingerprint density at radius 2 is 1.88 bits per heavy atom. The van der Waals surface area contributed by atoms with Crippen LogP contribution in [0.15, 0.2) is 54.2 Å². The lowest BCUT2D eigenvalue weighted by atomic mass is 10.2. The van der Waals surface area contributed by atoms with Crippen molar-refractivity contribution < 1.29 is 31.8 Å². The van der Waals surface area contributed by atoms with E-state index >= 15 is 0 Å². The van der Waals surface area contributed by atoms with Crippen LogP contribution in [0.2, 0.25) is 0 Å². The number of anilines is 2. The molecule has 0 radical (unpaired) electrons. The Balaban J connectivity index is 1.30. The van der Waals surface area contributed by atoms with Crippen molar-refractivity contribution in [3.8, 4) is 11.5 Å². The summed E-state index contributed by atoms with van der Waals surface area (Å²) in [5.74, 6) is -1.68. The fourth-order valence-corrected chi connectivity index (χ4v) is 4.07. The molecule has 33 heavy (non-hydrogen) atoms. The molecule has 0 atom stereocenters. The van der Waals surface area contributed by atoms with Gasteiger partial charge in [-0.2, -0.15) is 17.6 Å². The lowest BCUT2D eigenvalue weighted by Gasteiger charge is -2.31. The number of alkyl halides is 4. The normalized spacial score (nSPS) is 15.9. The van der Waals surface area contributed by atoms with Gasteiger partial charge in [-0.3, -0.25) is 4.79 Å². The van der Waals surface area contributed by atoms with E-state index in [0.717, 1.165) is 28.7 Å². The number of aromatic amines is 1. The van der Waals surface area contributed by atoms with Crippen molar-refractivity contribution in [1.82, 2.24) is 9.97 Å². The predicted octanol–water partition coefficient (Wildman–Crippen LogP) is 5.45. The van der Waals surface area contributed by atoms with Crippen LogP contribution in [-0.4, -0.2) is 28.1 Å². The maximum atomic E-state index is 13.4. The molecule has 4 aromatic rings. The number of halogens is 4. The first-order chi connectivity index (χ1) is 15.7. The number of nitrogens with zero attached hydrogens (tertiary/aromatic N) is 1. The molecule has 4 heterocycles. The molecule has 1 aromatic carbocycles. The SMILES string of the molecule is O=C(Nc1ccc2c(c1)OC(F)(F)C(F)(F)O2)c1sccc1NCc1c[nH]c2ncccc12. The topological polar surface area (TPSA) is 88.3 Å². The molecule has 1 aliphatic rings. The van der Waals surface area contributed by atoms with E-state index < -0.39 is 29.6 Å². The van der Waals surface area contributed by atoms with Gasteiger partial charge in [0, 0.05) is 36.1 Å². The van der Waals surface area contributed by atoms with E-state index in [9.17, 15) is 22.4 Å². The number of carbonyl (C=O) groups is 1. The van der Waals surface area contributed by atoms with Gasteiger partial charge < -0.3 is 25.1 Å². The van der Waals surface area contributed by atoms with E-state index in [4.69, 9.17) is 0 Å². The van der Waals surface area contributed by atoms with Crippen molar-refractivity contribution in [3.05, 3.63) is 64.6 Å². The molecule has 7 nitrogen and oxygen atoms in total. The Kier molecular flexibility index (Phi) is 4.89. The molecule has 0 spiro atoms. The molecule has 3 aromatic heterocycles. The zero-order chi connectivity index (χ0) is 23.2. The van der Waals surface area contributed by atoms with Crippen LogP contribution in [0, 0.1) is 0 Å². The monoisotopic (exact) mass is 478 g/mol. The zero-order valence-electron chi connectivity index (χ0n) is 16.5. The molecule has 12 heteroatoms. The van der Waals surface area contributed by atoms with Crippen molar-refractivity contribution in [2.45, 2.75) is 18.8 Å². The first kappa shape index (κ1) is 21.1. The molecule has 3 N–H and O–H groups in total. The third-order valence-electron chi connectivity index (χ3n) is 4.89. The fraction of sp³-hybridized carbons (Fsp3) is 0.143. The second-order valence-corrected chi connectivity index (χ2v) is 8.00. The Morgan fingerprint density at radius 1 is 1.09 bits per heavy atom. The number of nitrogens with one attached hydrogen (secondary N) is 3. The zero-order valence-corrected chi connectivity index (χ0v) is 17.3. The highest BCUT2D eigenvalue weighted by atomic mass is 32.1. The van der Waals surface area contributed by atoms with E-state index in [1.54, 1.807) is 17.6 Å². The molecule has 0 bridgehead atoms. The molecule has 5 rings (SSSR count). The van der Waals surface area contributed by atoms with Crippen molar-refractivity contribution >= 4 is 39.7 Å². The van der Waals surface area contributed by atoms with E-state index in [-0.39, 0.29) is 5.69 Å². The maximum absolute atomic E-state index is 13.4. The lowest BCUT2D eigenvalue weighted by molar-refractivity contribution is -0.391. The summed E-state index contributed by atoms with van der Waals surface area (Å²) in [5.41, 5.74) is 2.35. The average Bonchev–Trinajstić information content (AvgIpc) is 3.40. The smallest absolute Gasteiger partial charge is 0.421 e. The third kappa shape index (κ3) is 3.82.